The van der Waals surface area contributed by atoms with Gasteiger partial charge in [-0.1, -0.05) is 37.3 Å². The number of carbonyl (C=O) groups excluding carboxylic acids is 1. The SMILES string of the molecule is C=Cc1ccc(-c2ncccc2-c2ccn3ncc(C(=O)NC4CC5CCCC(C4)N5C)c3c2)cc1C. The van der Waals surface area contributed by atoms with E-state index >= 15 is 0 Å². The molecule has 6 heteroatoms. The molecule has 0 saturated carbocycles. The van der Waals surface area contributed by atoms with Gasteiger partial charge in [-0.3, -0.25) is 9.78 Å². The maximum absolute atomic E-state index is 13.4. The number of aromatic nitrogens is 3. The Hall–Kier alpha value is -3.77. The first kappa shape index (κ1) is 23.6. The molecular formula is C31H33N5O. The third-order valence-electron chi connectivity index (χ3n) is 8.32. The average Bonchev–Trinajstić information content (AvgIpc) is 3.33. The second-order valence-electron chi connectivity index (χ2n) is 10.5. The molecule has 1 aromatic carbocycles. The van der Waals surface area contributed by atoms with E-state index in [-0.39, 0.29) is 11.9 Å². The molecule has 3 aromatic heterocycles. The van der Waals surface area contributed by atoms with Crippen molar-refractivity contribution >= 4 is 17.5 Å². The number of rotatable bonds is 5. The van der Waals surface area contributed by atoms with Gasteiger partial charge in [0, 0.05) is 41.6 Å². The van der Waals surface area contributed by atoms with E-state index < -0.39 is 0 Å². The maximum atomic E-state index is 13.4. The number of nitrogens with one attached hydrogen (secondary N) is 1. The highest BCUT2D eigenvalue weighted by Crippen LogP contribution is 2.34. The second-order valence-corrected chi connectivity index (χ2v) is 10.5. The van der Waals surface area contributed by atoms with E-state index in [4.69, 9.17) is 4.98 Å². The predicted molar refractivity (Wildman–Crippen MR) is 148 cm³/mol. The van der Waals surface area contributed by atoms with Gasteiger partial charge in [0.2, 0.25) is 0 Å². The van der Waals surface area contributed by atoms with Crippen LogP contribution in [-0.4, -0.2) is 50.6 Å². The van der Waals surface area contributed by atoms with Crippen LogP contribution >= 0.6 is 0 Å². The first-order valence-electron chi connectivity index (χ1n) is 13.2. The van der Waals surface area contributed by atoms with E-state index in [1.807, 2.05) is 30.6 Å². The average molecular weight is 492 g/mol. The second kappa shape index (κ2) is 9.60. The Morgan fingerprint density at radius 3 is 2.68 bits per heavy atom. The van der Waals surface area contributed by atoms with E-state index in [0.717, 1.165) is 51.9 Å². The minimum Gasteiger partial charge on any atom is -0.349 e. The molecular weight excluding hydrogens is 458 g/mol. The number of aryl methyl sites for hydroxylation is 1. The number of carbonyl (C=O) groups is 1. The zero-order valence-electron chi connectivity index (χ0n) is 21.5. The van der Waals surface area contributed by atoms with Gasteiger partial charge in [-0.2, -0.15) is 5.10 Å². The summed E-state index contributed by atoms with van der Waals surface area (Å²) in [6, 6.07) is 15.8. The Labute approximate surface area is 218 Å². The Morgan fingerprint density at radius 1 is 1.11 bits per heavy atom. The Morgan fingerprint density at radius 2 is 1.92 bits per heavy atom. The summed E-state index contributed by atoms with van der Waals surface area (Å²) in [7, 11) is 2.24. The summed E-state index contributed by atoms with van der Waals surface area (Å²) in [5, 5.41) is 7.81. The molecule has 6 rings (SSSR count). The molecule has 6 nitrogen and oxygen atoms in total. The zero-order chi connectivity index (χ0) is 25.5. The fourth-order valence-corrected chi connectivity index (χ4v) is 6.24. The zero-order valence-corrected chi connectivity index (χ0v) is 21.5. The van der Waals surface area contributed by atoms with Gasteiger partial charge in [-0.25, -0.2) is 4.52 Å². The molecule has 2 aliphatic rings. The quantitative estimate of drug-likeness (QED) is 0.386. The number of amides is 1. The van der Waals surface area contributed by atoms with Gasteiger partial charge in [0.15, 0.2) is 0 Å². The molecule has 5 heterocycles. The van der Waals surface area contributed by atoms with Crippen LogP contribution < -0.4 is 5.32 Å². The van der Waals surface area contributed by atoms with Gasteiger partial charge < -0.3 is 10.2 Å². The van der Waals surface area contributed by atoms with Crippen LogP contribution in [0.25, 0.3) is 34.0 Å². The lowest BCUT2D eigenvalue weighted by Crippen LogP contribution is -2.55. The summed E-state index contributed by atoms with van der Waals surface area (Å²) >= 11 is 0. The summed E-state index contributed by atoms with van der Waals surface area (Å²) in [6.07, 6.45) is 13.1. The summed E-state index contributed by atoms with van der Waals surface area (Å²) in [5.74, 6) is -0.0400. The summed E-state index contributed by atoms with van der Waals surface area (Å²) in [5.41, 5.74) is 7.68. The van der Waals surface area contributed by atoms with Gasteiger partial charge >= 0.3 is 0 Å². The first-order valence-corrected chi connectivity index (χ1v) is 13.2. The summed E-state index contributed by atoms with van der Waals surface area (Å²) < 4.78 is 1.78. The van der Waals surface area contributed by atoms with Gasteiger partial charge in [-0.05, 0) is 80.6 Å². The molecule has 1 N–H and O–H groups in total. The van der Waals surface area contributed by atoms with Gasteiger partial charge in [0.05, 0.1) is 23.0 Å². The number of benzene rings is 1. The minimum absolute atomic E-state index is 0.0400. The van der Waals surface area contributed by atoms with E-state index in [1.54, 1.807) is 10.7 Å². The Balaban J connectivity index is 1.31. The number of fused-ring (bicyclic) bond motifs is 3. The molecule has 2 aliphatic heterocycles. The number of hydrogen-bond donors (Lipinski definition) is 1. The largest absolute Gasteiger partial charge is 0.349 e. The van der Waals surface area contributed by atoms with Crippen LogP contribution in [0.5, 0.6) is 0 Å². The molecule has 2 bridgehead atoms. The molecule has 2 saturated heterocycles. The van der Waals surface area contributed by atoms with Crippen LogP contribution in [0.15, 0.2) is 67.6 Å². The molecule has 0 aliphatic carbocycles. The number of nitrogens with zero attached hydrogens (tertiary/aromatic N) is 4. The van der Waals surface area contributed by atoms with Crippen LogP contribution in [0.1, 0.15) is 53.6 Å². The van der Waals surface area contributed by atoms with Crippen molar-refractivity contribution in [3.05, 3.63) is 84.3 Å². The van der Waals surface area contributed by atoms with E-state index in [0.29, 0.717) is 17.6 Å². The monoisotopic (exact) mass is 491 g/mol. The molecule has 4 aromatic rings. The smallest absolute Gasteiger partial charge is 0.255 e. The van der Waals surface area contributed by atoms with Crippen molar-refractivity contribution in [2.24, 2.45) is 0 Å². The minimum atomic E-state index is -0.0400. The van der Waals surface area contributed by atoms with Crippen molar-refractivity contribution in [2.45, 2.75) is 57.2 Å². The lowest BCUT2D eigenvalue weighted by molar-refractivity contribution is 0.0463. The highest BCUT2D eigenvalue weighted by Gasteiger charge is 2.36. The predicted octanol–water partition coefficient (Wildman–Crippen LogP) is 5.76. The van der Waals surface area contributed by atoms with Crippen molar-refractivity contribution in [3.63, 3.8) is 0 Å². The highest BCUT2D eigenvalue weighted by molar-refractivity contribution is 6.01. The number of pyridine rings is 2. The van der Waals surface area contributed by atoms with Crippen molar-refractivity contribution < 1.29 is 4.79 Å². The van der Waals surface area contributed by atoms with Crippen molar-refractivity contribution in [2.75, 3.05) is 7.05 Å². The molecule has 2 unspecified atom stereocenters. The van der Waals surface area contributed by atoms with Crippen molar-refractivity contribution in [1.29, 1.82) is 0 Å². The Kier molecular flexibility index (Phi) is 6.13. The van der Waals surface area contributed by atoms with E-state index in [9.17, 15) is 4.79 Å². The standard InChI is InChI=1S/C31H33N5O/c1-4-21-10-11-23(15-20(21)2)30-27(9-6-13-32-30)22-12-14-36-29(16-22)28(19-33-36)31(37)34-24-17-25-7-5-8-26(18-24)35(25)3/h4,6,9-16,19,24-26H,1,5,7-8,17-18H2,2-3H3,(H,34,37). The summed E-state index contributed by atoms with van der Waals surface area (Å²) in [4.78, 5) is 20.7. The lowest BCUT2D eigenvalue weighted by Gasteiger charge is -2.47. The van der Waals surface area contributed by atoms with Crippen molar-refractivity contribution in [1.82, 2.24) is 24.8 Å². The number of hydrogen-bond acceptors (Lipinski definition) is 4. The van der Waals surface area contributed by atoms with Gasteiger partial charge in [0.25, 0.3) is 5.91 Å². The molecule has 1 amide bonds. The first-order chi connectivity index (χ1) is 18.0. The third-order valence-corrected chi connectivity index (χ3v) is 8.32. The molecule has 0 spiro atoms. The molecule has 2 fully saturated rings. The topological polar surface area (TPSA) is 62.5 Å². The fourth-order valence-electron chi connectivity index (χ4n) is 6.24. The molecule has 188 valence electrons. The molecule has 0 radical (unpaired) electrons. The maximum Gasteiger partial charge on any atom is 0.255 e. The van der Waals surface area contributed by atoms with Crippen LogP contribution in [0.3, 0.4) is 0 Å². The van der Waals surface area contributed by atoms with E-state index in [2.05, 4.69) is 66.2 Å². The summed E-state index contributed by atoms with van der Waals surface area (Å²) in [6.45, 7) is 5.99. The highest BCUT2D eigenvalue weighted by atomic mass is 16.1. The van der Waals surface area contributed by atoms with Crippen molar-refractivity contribution in [3.8, 4) is 22.4 Å². The van der Waals surface area contributed by atoms with Crippen LogP contribution in [-0.2, 0) is 0 Å². The van der Waals surface area contributed by atoms with E-state index in [1.165, 1.54) is 19.3 Å². The Bertz CT molecular complexity index is 1470. The fraction of sp³-hybridized carbons (Fsp3) is 0.323. The molecule has 37 heavy (non-hydrogen) atoms. The molecule has 2 atom stereocenters. The van der Waals surface area contributed by atoms with Crippen LogP contribution in [0, 0.1) is 6.92 Å². The number of piperidine rings is 2. The van der Waals surface area contributed by atoms with Crippen LogP contribution in [0.4, 0.5) is 0 Å². The van der Waals surface area contributed by atoms with Crippen LogP contribution in [0.2, 0.25) is 0 Å². The lowest BCUT2D eigenvalue weighted by atomic mass is 9.82. The normalized spacial score (nSPS) is 21.6. The third kappa shape index (κ3) is 4.36. The van der Waals surface area contributed by atoms with Gasteiger partial charge in [-0.15, -0.1) is 0 Å². The van der Waals surface area contributed by atoms with Gasteiger partial charge in [0.1, 0.15) is 0 Å².